The molecular formula is C22H22FN5O. The lowest BCUT2D eigenvalue weighted by molar-refractivity contribution is 0.355. The molecule has 1 saturated carbocycles. The summed E-state index contributed by atoms with van der Waals surface area (Å²) in [5.74, 6) is 1.33. The number of phenols is 1. The lowest BCUT2D eigenvalue weighted by Gasteiger charge is -2.39. The van der Waals surface area contributed by atoms with Crippen molar-refractivity contribution < 1.29 is 9.50 Å². The van der Waals surface area contributed by atoms with Gasteiger partial charge in [-0.25, -0.2) is 4.98 Å². The van der Waals surface area contributed by atoms with E-state index in [1.54, 1.807) is 24.4 Å². The number of hydrogen-bond acceptors (Lipinski definition) is 6. The summed E-state index contributed by atoms with van der Waals surface area (Å²) in [5.41, 5.74) is 9.29. The quantitative estimate of drug-likeness (QED) is 0.664. The minimum atomic E-state index is -0.417. The number of nitrogens with two attached hydrogens (primary N) is 1. The minimum Gasteiger partial charge on any atom is -0.507 e. The highest BCUT2D eigenvalue weighted by Crippen LogP contribution is 2.49. The Hall–Kier alpha value is -3.22. The summed E-state index contributed by atoms with van der Waals surface area (Å²) in [6, 6.07) is 12.5. The lowest BCUT2D eigenvalue weighted by atomic mass is 9.80. The zero-order valence-corrected chi connectivity index (χ0v) is 15.9. The van der Waals surface area contributed by atoms with E-state index in [1.165, 1.54) is 0 Å². The zero-order valence-electron chi connectivity index (χ0n) is 15.9. The van der Waals surface area contributed by atoms with E-state index < -0.39 is 5.95 Å². The summed E-state index contributed by atoms with van der Waals surface area (Å²) in [6.45, 7) is 1.67. The number of nitrogen functional groups attached to an aromatic ring is 1. The van der Waals surface area contributed by atoms with Gasteiger partial charge in [0.1, 0.15) is 5.75 Å². The molecule has 1 aromatic carbocycles. The van der Waals surface area contributed by atoms with Crippen LogP contribution in [0.1, 0.15) is 24.3 Å². The first-order valence-electron chi connectivity index (χ1n) is 9.88. The molecule has 1 saturated heterocycles. The molecule has 148 valence electrons. The average Bonchev–Trinajstić information content (AvgIpc) is 2.98. The zero-order chi connectivity index (χ0) is 20.0. The number of pyridine rings is 1. The smallest absolute Gasteiger partial charge is 0.213 e. The maximum Gasteiger partial charge on any atom is 0.213 e. The number of aromatic nitrogens is 3. The molecule has 2 aromatic heterocycles. The molecule has 0 radical (unpaired) electrons. The number of halogens is 1. The summed E-state index contributed by atoms with van der Waals surface area (Å²) in [7, 11) is 0. The number of rotatable bonds is 3. The molecule has 1 aliphatic carbocycles. The molecule has 3 heterocycles. The summed E-state index contributed by atoms with van der Waals surface area (Å²) >= 11 is 0. The van der Waals surface area contributed by atoms with Crippen LogP contribution in [-0.2, 0) is 0 Å². The van der Waals surface area contributed by atoms with Gasteiger partial charge in [0.05, 0.1) is 11.4 Å². The molecule has 0 amide bonds. The fourth-order valence-corrected chi connectivity index (χ4v) is 5.05. The van der Waals surface area contributed by atoms with Crippen LogP contribution in [-0.4, -0.2) is 33.4 Å². The van der Waals surface area contributed by atoms with Gasteiger partial charge in [-0.3, -0.25) is 0 Å². The van der Waals surface area contributed by atoms with Crippen molar-refractivity contribution in [1.29, 1.82) is 0 Å². The van der Waals surface area contributed by atoms with Crippen LogP contribution in [0.25, 0.3) is 11.3 Å². The van der Waals surface area contributed by atoms with Crippen LogP contribution in [0.3, 0.4) is 0 Å². The first-order chi connectivity index (χ1) is 14.1. The van der Waals surface area contributed by atoms with Gasteiger partial charge in [0, 0.05) is 24.8 Å². The van der Waals surface area contributed by atoms with E-state index in [4.69, 9.17) is 5.73 Å². The van der Waals surface area contributed by atoms with Gasteiger partial charge in [-0.15, -0.1) is 10.2 Å². The van der Waals surface area contributed by atoms with Gasteiger partial charge in [-0.05, 0) is 66.5 Å². The van der Waals surface area contributed by atoms with Crippen molar-refractivity contribution in [3.8, 4) is 17.0 Å². The fourth-order valence-electron chi connectivity index (χ4n) is 5.05. The number of piperidine rings is 1. The molecule has 0 spiro atoms. The van der Waals surface area contributed by atoms with E-state index in [2.05, 4.69) is 20.1 Å². The largest absolute Gasteiger partial charge is 0.507 e. The third-order valence-corrected chi connectivity index (χ3v) is 6.29. The SMILES string of the molecule is Nc1nnc(-c2ccccc2O)cc1N1CC2CCC(C1)C2c1ccnc(F)c1. The molecule has 2 atom stereocenters. The molecule has 1 aliphatic heterocycles. The van der Waals surface area contributed by atoms with Crippen molar-refractivity contribution in [2.24, 2.45) is 11.8 Å². The van der Waals surface area contributed by atoms with Gasteiger partial charge in [0.25, 0.3) is 0 Å². The minimum absolute atomic E-state index is 0.163. The van der Waals surface area contributed by atoms with E-state index in [-0.39, 0.29) is 5.75 Å². The highest BCUT2D eigenvalue weighted by molar-refractivity contribution is 5.74. The van der Waals surface area contributed by atoms with Gasteiger partial charge in [-0.2, -0.15) is 4.39 Å². The summed E-state index contributed by atoms with van der Waals surface area (Å²) in [4.78, 5) is 5.96. The molecule has 2 unspecified atom stereocenters. The monoisotopic (exact) mass is 391 g/mol. The Bertz CT molecular complexity index is 1040. The van der Waals surface area contributed by atoms with Crippen LogP contribution < -0.4 is 10.6 Å². The molecule has 7 heteroatoms. The lowest BCUT2D eigenvalue weighted by Crippen LogP contribution is -2.41. The Balaban J connectivity index is 1.45. The second-order valence-corrected chi connectivity index (χ2v) is 7.96. The van der Waals surface area contributed by atoms with Crippen molar-refractivity contribution in [1.82, 2.24) is 15.2 Å². The number of anilines is 2. The number of benzene rings is 1. The molecule has 2 fully saturated rings. The maximum absolute atomic E-state index is 13.7. The van der Waals surface area contributed by atoms with Crippen molar-refractivity contribution in [3.63, 3.8) is 0 Å². The Morgan fingerprint density at radius 1 is 1.03 bits per heavy atom. The van der Waals surface area contributed by atoms with Crippen LogP contribution in [0.15, 0.2) is 48.7 Å². The Morgan fingerprint density at radius 3 is 2.52 bits per heavy atom. The van der Waals surface area contributed by atoms with Crippen molar-refractivity contribution in [2.45, 2.75) is 18.8 Å². The van der Waals surface area contributed by atoms with Crippen LogP contribution in [0.4, 0.5) is 15.9 Å². The van der Waals surface area contributed by atoms with Crippen LogP contribution in [0, 0.1) is 17.8 Å². The summed E-state index contributed by atoms with van der Waals surface area (Å²) in [6.07, 6.45) is 3.78. The van der Waals surface area contributed by atoms with Gasteiger partial charge in [-0.1, -0.05) is 12.1 Å². The number of para-hydroxylation sites is 1. The first kappa shape index (κ1) is 17.8. The van der Waals surface area contributed by atoms with E-state index in [0.29, 0.717) is 34.8 Å². The van der Waals surface area contributed by atoms with Gasteiger partial charge in [0.2, 0.25) is 5.95 Å². The molecule has 3 N–H and O–H groups in total. The Kier molecular flexibility index (Phi) is 4.30. The third kappa shape index (κ3) is 3.16. The van der Waals surface area contributed by atoms with Crippen LogP contribution in [0.2, 0.25) is 0 Å². The van der Waals surface area contributed by atoms with Gasteiger partial charge >= 0.3 is 0 Å². The van der Waals surface area contributed by atoms with Crippen molar-refractivity contribution in [3.05, 3.63) is 60.2 Å². The molecule has 3 aromatic rings. The van der Waals surface area contributed by atoms with Crippen LogP contribution in [0.5, 0.6) is 5.75 Å². The van der Waals surface area contributed by atoms with E-state index in [9.17, 15) is 9.50 Å². The van der Waals surface area contributed by atoms with E-state index >= 15 is 0 Å². The molecule has 2 bridgehead atoms. The Morgan fingerprint density at radius 2 is 1.79 bits per heavy atom. The number of hydrogen-bond donors (Lipinski definition) is 2. The average molecular weight is 391 g/mol. The maximum atomic E-state index is 13.7. The number of fused-ring (bicyclic) bond motifs is 2. The van der Waals surface area contributed by atoms with Crippen molar-refractivity contribution >= 4 is 11.5 Å². The molecule has 5 rings (SSSR count). The predicted octanol–water partition coefficient (Wildman–Crippen LogP) is 3.60. The summed E-state index contributed by atoms with van der Waals surface area (Å²) < 4.78 is 13.7. The molecular weight excluding hydrogens is 369 g/mol. The topological polar surface area (TPSA) is 88.2 Å². The van der Waals surface area contributed by atoms with E-state index in [1.807, 2.05) is 24.3 Å². The molecule has 29 heavy (non-hydrogen) atoms. The number of nitrogens with zero attached hydrogens (tertiary/aromatic N) is 4. The van der Waals surface area contributed by atoms with Crippen LogP contribution >= 0.6 is 0 Å². The second kappa shape index (κ2) is 6.99. The third-order valence-electron chi connectivity index (χ3n) is 6.29. The highest BCUT2D eigenvalue weighted by atomic mass is 19.1. The standard InChI is InChI=1S/C22H22FN5O/c23-20-9-13(7-8-25-20)21-14-5-6-15(21)12-28(11-14)18-10-17(26-27-22(18)24)16-3-1-2-4-19(16)29/h1-4,7-10,14-15,21,29H,5-6,11-12H2,(H2,24,27). The highest BCUT2D eigenvalue weighted by Gasteiger charge is 2.43. The Labute approximate surface area is 168 Å². The number of phenolic OH excluding ortho intramolecular Hbond substituents is 1. The van der Waals surface area contributed by atoms with E-state index in [0.717, 1.165) is 37.2 Å². The van der Waals surface area contributed by atoms with Gasteiger partial charge in [0.15, 0.2) is 5.82 Å². The molecule has 6 nitrogen and oxygen atoms in total. The number of aromatic hydroxyl groups is 1. The second-order valence-electron chi connectivity index (χ2n) is 7.96. The van der Waals surface area contributed by atoms with Gasteiger partial charge < -0.3 is 15.7 Å². The normalized spacial score (nSPS) is 23.3. The van der Waals surface area contributed by atoms with Crippen molar-refractivity contribution in [2.75, 3.05) is 23.7 Å². The first-order valence-corrected chi connectivity index (χ1v) is 9.88. The predicted molar refractivity (Wildman–Crippen MR) is 109 cm³/mol. The fraction of sp³-hybridized carbons (Fsp3) is 0.318. The summed E-state index contributed by atoms with van der Waals surface area (Å²) in [5, 5.41) is 18.5. The molecule has 2 aliphatic rings.